The smallest absolute Gasteiger partial charge is 0.308 e. The summed E-state index contributed by atoms with van der Waals surface area (Å²) in [5, 5.41) is 28.1. The predicted octanol–water partition coefficient (Wildman–Crippen LogP) is 3.68. The summed E-state index contributed by atoms with van der Waals surface area (Å²) in [6.07, 6.45) is 6.90. The van der Waals surface area contributed by atoms with Crippen LogP contribution in [0.25, 0.3) is 22.6 Å². The van der Waals surface area contributed by atoms with Crippen LogP contribution in [0.2, 0.25) is 0 Å². The van der Waals surface area contributed by atoms with E-state index in [1.807, 2.05) is 0 Å². The minimum Gasteiger partial charge on any atom is -0.481 e. The lowest BCUT2D eigenvalue weighted by Gasteiger charge is -2.47. The number of halogens is 2. The molecule has 4 N–H and O–H groups in total. The molecule has 3 aromatic rings. The van der Waals surface area contributed by atoms with Gasteiger partial charge in [0.05, 0.1) is 28.6 Å². The Kier molecular flexibility index (Phi) is 4.65. The first kappa shape index (κ1) is 21.1. The molecule has 11 heteroatoms. The molecule has 7 rings (SSSR count). The Morgan fingerprint density at radius 2 is 1.94 bits per heavy atom. The fourth-order valence-electron chi connectivity index (χ4n) is 5.78. The molecule has 0 saturated heterocycles. The fourth-order valence-corrected chi connectivity index (χ4v) is 5.78. The Labute approximate surface area is 192 Å². The van der Waals surface area contributed by atoms with E-state index < -0.39 is 35.0 Å². The van der Waals surface area contributed by atoms with E-state index in [0.29, 0.717) is 18.2 Å². The van der Waals surface area contributed by atoms with Crippen molar-refractivity contribution in [3.05, 3.63) is 29.6 Å². The van der Waals surface area contributed by atoms with Crippen molar-refractivity contribution >= 4 is 29.0 Å². The molecule has 3 aromatic heterocycles. The average molecular weight is 467 g/mol. The molecule has 4 aliphatic rings. The molecular formula is C23H23F2N7O2. The minimum atomic E-state index is -0.888. The number of fused-ring (bicyclic) bond motifs is 4. The van der Waals surface area contributed by atoms with Crippen molar-refractivity contribution in [2.75, 3.05) is 5.32 Å². The number of rotatable bonds is 6. The average Bonchev–Trinajstić information content (AvgIpc) is 3.53. The summed E-state index contributed by atoms with van der Waals surface area (Å²) >= 11 is 0. The van der Waals surface area contributed by atoms with Crippen molar-refractivity contribution in [3.63, 3.8) is 0 Å². The first-order chi connectivity index (χ1) is 16.4. The van der Waals surface area contributed by atoms with E-state index in [1.54, 1.807) is 0 Å². The molecule has 0 amide bonds. The number of aliphatic carboxylic acids is 1. The van der Waals surface area contributed by atoms with Gasteiger partial charge in [-0.2, -0.15) is 5.10 Å². The zero-order valence-electron chi connectivity index (χ0n) is 18.2. The topological polar surface area (TPSA) is 141 Å². The highest BCUT2D eigenvalue weighted by Crippen LogP contribution is 2.49. The van der Waals surface area contributed by atoms with Crippen molar-refractivity contribution in [2.24, 2.45) is 17.8 Å². The maximum atomic E-state index is 15.8. The zero-order chi connectivity index (χ0) is 23.6. The van der Waals surface area contributed by atoms with Crippen molar-refractivity contribution in [2.45, 2.75) is 50.0 Å². The van der Waals surface area contributed by atoms with E-state index in [-0.39, 0.29) is 40.5 Å². The van der Waals surface area contributed by atoms with Gasteiger partial charge in [-0.15, -0.1) is 0 Å². The highest BCUT2D eigenvalue weighted by molar-refractivity contribution is 5.89. The summed E-state index contributed by atoms with van der Waals surface area (Å²) < 4.78 is 29.7. The molecule has 0 radical (unpaired) electrons. The van der Waals surface area contributed by atoms with Gasteiger partial charge in [0.2, 0.25) is 0 Å². The number of H-pyrrole nitrogens is 1. The number of carboxylic acid groups (broad SMARTS) is 1. The van der Waals surface area contributed by atoms with Crippen LogP contribution in [0.15, 0.2) is 12.3 Å². The Morgan fingerprint density at radius 3 is 2.62 bits per heavy atom. The van der Waals surface area contributed by atoms with E-state index in [0.717, 1.165) is 31.9 Å². The second-order valence-electron chi connectivity index (χ2n) is 9.69. The second kappa shape index (κ2) is 7.51. The third-order valence-electron chi connectivity index (χ3n) is 7.80. The lowest BCUT2D eigenvalue weighted by molar-refractivity contribution is -0.148. The van der Waals surface area contributed by atoms with Gasteiger partial charge in [0.15, 0.2) is 23.1 Å². The molecule has 9 nitrogen and oxygen atoms in total. The van der Waals surface area contributed by atoms with Crippen LogP contribution in [0, 0.1) is 34.8 Å². The van der Waals surface area contributed by atoms with Crippen LogP contribution in [-0.2, 0) is 10.2 Å². The van der Waals surface area contributed by atoms with Gasteiger partial charge in [0.1, 0.15) is 11.5 Å². The van der Waals surface area contributed by atoms with Gasteiger partial charge in [-0.3, -0.25) is 9.89 Å². The molecule has 0 aliphatic heterocycles. The van der Waals surface area contributed by atoms with Crippen LogP contribution in [0.1, 0.15) is 44.2 Å². The van der Waals surface area contributed by atoms with Gasteiger partial charge < -0.3 is 15.8 Å². The normalized spacial score (nSPS) is 27.0. The monoisotopic (exact) mass is 467 g/mol. The largest absolute Gasteiger partial charge is 0.481 e. The van der Waals surface area contributed by atoms with Crippen LogP contribution in [-0.4, -0.2) is 48.5 Å². The molecule has 0 aromatic carbocycles. The number of aromatic nitrogens is 5. The van der Waals surface area contributed by atoms with Crippen LogP contribution in [0.4, 0.5) is 14.6 Å². The zero-order valence-corrected chi connectivity index (χ0v) is 18.2. The van der Waals surface area contributed by atoms with Gasteiger partial charge >= 0.3 is 5.97 Å². The van der Waals surface area contributed by atoms with Crippen molar-refractivity contribution in [1.29, 1.82) is 5.41 Å². The number of anilines is 1. The molecule has 4 aliphatic carbocycles. The summed E-state index contributed by atoms with van der Waals surface area (Å²) in [4.78, 5) is 24.9. The molecular weight excluding hydrogens is 444 g/mol. The van der Waals surface area contributed by atoms with E-state index in [1.165, 1.54) is 12.3 Å². The van der Waals surface area contributed by atoms with Crippen LogP contribution < -0.4 is 5.32 Å². The van der Waals surface area contributed by atoms with E-state index in [2.05, 4.69) is 30.5 Å². The third-order valence-corrected chi connectivity index (χ3v) is 7.80. The quantitative estimate of drug-likeness (QED) is 0.405. The SMILES string of the molecule is N=CC1(c2nc(-c3[nH]nc4ncc(F)cc34)nc(N[C@H]3C4CCC(CC4)[C@@H]3C(=O)O)c2F)CC1. The minimum absolute atomic E-state index is 0.0470. The Bertz CT molecular complexity index is 1310. The van der Waals surface area contributed by atoms with Gasteiger partial charge in [-0.25, -0.2) is 23.7 Å². The van der Waals surface area contributed by atoms with E-state index in [9.17, 15) is 14.3 Å². The number of aromatic amines is 1. The first-order valence-corrected chi connectivity index (χ1v) is 11.5. The van der Waals surface area contributed by atoms with Crippen LogP contribution in [0.5, 0.6) is 0 Å². The lowest BCUT2D eigenvalue weighted by atomic mass is 9.61. The van der Waals surface area contributed by atoms with Gasteiger partial charge in [-0.1, -0.05) is 0 Å². The molecule has 0 unspecified atom stereocenters. The lowest BCUT2D eigenvalue weighted by Crippen LogP contribution is -2.51. The number of nitrogens with zero attached hydrogens (tertiary/aromatic N) is 4. The third kappa shape index (κ3) is 3.17. The number of pyridine rings is 1. The summed E-state index contributed by atoms with van der Waals surface area (Å²) in [5.74, 6) is -2.60. The summed E-state index contributed by atoms with van der Waals surface area (Å²) in [5.41, 5.74) is -0.193. The molecule has 2 bridgehead atoms. The van der Waals surface area contributed by atoms with Crippen molar-refractivity contribution in [1.82, 2.24) is 25.1 Å². The number of nitrogens with one attached hydrogen (secondary N) is 3. The summed E-state index contributed by atoms with van der Waals surface area (Å²) in [6, 6.07) is 0.799. The Morgan fingerprint density at radius 1 is 1.21 bits per heavy atom. The Hall–Kier alpha value is -3.50. The first-order valence-electron chi connectivity index (χ1n) is 11.5. The second-order valence-corrected chi connectivity index (χ2v) is 9.69. The maximum absolute atomic E-state index is 15.8. The van der Waals surface area contributed by atoms with E-state index in [4.69, 9.17) is 5.41 Å². The molecule has 4 fully saturated rings. The summed E-state index contributed by atoms with van der Waals surface area (Å²) in [6.45, 7) is 0. The van der Waals surface area contributed by atoms with E-state index >= 15 is 4.39 Å². The highest BCUT2D eigenvalue weighted by Gasteiger charge is 2.49. The predicted molar refractivity (Wildman–Crippen MR) is 119 cm³/mol. The Balaban J connectivity index is 1.48. The summed E-state index contributed by atoms with van der Waals surface area (Å²) in [7, 11) is 0. The molecule has 176 valence electrons. The standard InChI is InChI=1S/C23H23F2N7O2/c24-12-7-13-17(31-32-19(13)27-8-12)21-29-18(23(9-26)5-6-23)15(25)20(30-21)28-16-11-3-1-10(2-4-11)14(16)22(33)34/h7-11,14,16,26H,1-6H2,(H,33,34)(H,27,31,32)(H,28,29,30)/t10?,11?,14-,16-/m0/s1. The molecule has 0 spiro atoms. The highest BCUT2D eigenvalue weighted by atomic mass is 19.1. The molecule has 3 heterocycles. The number of carbonyl (C=O) groups is 1. The number of hydrogen-bond acceptors (Lipinski definition) is 7. The molecule has 4 saturated carbocycles. The fraction of sp³-hybridized carbons (Fsp3) is 0.478. The molecule has 34 heavy (non-hydrogen) atoms. The number of carboxylic acids is 1. The maximum Gasteiger partial charge on any atom is 0.308 e. The van der Waals surface area contributed by atoms with Gasteiger partial charge in [0.25, 0.3) is 0 Å². The van der Waals surface area contributed by atoms with Crippen LogP contribution in [0.3, 0.4) is 0 Å². The van der Waals surface area contributed by atoms with Crippen molar-refractivity contribution in [3.8, 4) is 11.5 Å². The van der Waals surface area contributed by atoms with Gasteiger partial charge in [0, 0.05) is 12.3 Å². The van der Waals surface area contributed by atoms with Crippen molar-refractivity contribution < 1.29 is 18.7 Å². The van der Waals surface area contributed by atoms with Crippen LogP contribution >= 0.6 is 0 Å². The molecule has 2 atom stereocenters. The number of hydrogen-bond donors (Lipinski definition) is 4. The van der Waals surface area contributed by atoms with Gasteiger partial charge in [-0.05, 0) is 56.4 Å².